The quantitative estimate of drug-likeness (QED) is 0.776. The molecule has 0 bridgehead atoms. The Morgan fingerprint density at radius 3 is 2.46 bits per heavy atom. The van der Waals surface area contributed by atoms with E-state index >= 15 is 0 Å². The van der Waals surface area contributed by atoms with Gasteiger partial charge in [0.25, 0.3) is 0 Å². The number of hydrogen-bond donors (Lipinski definition) is 0. The van der Waals surface area contributed by atoms with E-state index in [0.29, 0.717) is 13.0 Å². The van der Waals surface area contributed by atoms with Crippen LogP contribution in [0.3, 0.4) is 0 Å². The first-order valence-corrected chi connectivity index (χ1v) is 8.81. The Labute approximate surface area is 143 Å². The molecule has 3 heterocycles. The van der Waals surface area contributed by atoms with Gasteiger partial charge in [0.2, 0.25) is 11.9 Å². The van der Waals surface area contributed by atoms with Crippen LogP contribution in [0.25, 0.3) is 0 Å². The fraction of sp³-hybridized carbons (Fsp3) is 0.611. The molecule has 6 nitrogen and oxygen atoms in total. The van der Waals surface area contributed by atoms with Crippen LogP contribution in [0, 0.1) is 11.8 Å². The number of carbonyl (C=O) groups is 1. The Kier molecular flexibility index (Phi) is 6.02. The third-order valence-electron chi connectivity index (χ3n) is 4.58. The molecule has 0 aliphatic carbocycles. The van der Waals surface area contributed by atoms with E-state index in [-0.39, 0.29) is 5.91 Å². The van der Waals surface area contributed by atoms with E-state index in [9.17, 15) is 4.79 Å². The lowest BCUT2D eigenvalue weighted by atomic mass is 10.2. The van der Waals surface area contributed by atoms with E-state index in [1.807, 2.05) is 11.0 Å². The average Bonchev–Trinajstić information content (AvgIpc) is 2.84. The van der Waals surface area contributed by atoms with Gasteiger partial charge in [-0.3, -0.25) is 9.69 Å². The van der Waals surface area contributed by atoms with Gasteiger partial charge in [0.15, 0.2) is 0 Å². The van der Waals surface area contributed by atoms with E-state index in [1.165, 1.54) is 0 Å². The number of aromatic nitrogens is 2. The third kappa shape index (κ3) is 4.68. The standard InChI is InChI=1S/C18H25N5O/c24-17-7-2-1-3-11-22(17)12-5-4-10-21-13-15-23(16-14-21)18-19-8-6-9-20-18/h6,8-9H,1-3,7,10-16H2. The monoisotopic (exact) mass is 327 g/mol. The summed E-state index contributed by atoms with van der Waals surface area (Å²) in [5, 5.41) is 0. The fourth-order valence-electron chi connectivity index (χ4n) is 3.09. The molecule has 3 rings (SSSR count). The maximum atomic E-state index is 11.9. The first kappa shape index (κ1) is 16.7. The minimum atomic E-state index is 0.262. The van der Waals surface area contributed by atoms with Gasteiger partial charge < -0.3 is 9.80 Å². The molecule has 1 amide bonds. The van der Waals surface area contributed by atoms with Crippen molar-refractivity contribution in [2.75, 3.05) is 50.7 Å². The summed E-state index contributed by atoms with van der Waals surface area (Å²) in [5.41, 5.74) is 0. The number of piperazine rings is 1. The van der Waals surface area contributed by atoms with E-state index in [0.717, 1.165) is 64.5 Å². The number of carbonyl (C=O) groups excluding carboxylic acids is 1. The van der Waals surface area contributed by atoms with Crippen molar-refractivity contribution >= 4 is 11.9 Å². The summed E-state index contributed by atoms with van der Waals surface area (Å²) in [4.78, 5) is 27.0. The molecule has 0 N–H and O–H groups in total. The van der Waals surface area contributed by atoms with E-state index in [4.69, 9.17) is 0 Å². The Hall–Kier alpha value is -2.13. The normalized spacial score (nSPS) is 19.6. The summed E-state index contributed by atoms with van der Waals surface area (Å²) in [5.74, 6) is 7.48. The molecule has 0 saturated carbocycles. The predicted molar refractivity (Wildman–Crippen MR) is 93.5 cm³/mol. The van der Waals surface area contributed by atoms with Gasteiger partial charge in [-0.15, -0.1) is 0 Å². The Balaban J connectivity index is 1.40. The SMILES string of the molecule is O=C1CCCCCN1CC#CCN1CCN(c2ncccn2)CC1. The van der Waals surface area contributed by atoms with Crippen molar-refractivity contribution in [2.24, 2.45) is 0 Å². The molecule has 0 radical (unpaired) electrons. The van der Waals surface area contributed by atoms with Gasteiger partial charge in [0.05, 0.1) is 13.1 Å². The number of likely N-dealkylation sites (tertiary alicyclic amines) is 1. The minimum absolute atomic E-state index is 0.262. The molecule has 6 heteroatoms. The molecule has 0 atom stereocenters. The smallest absolute Gasteiger partial charge is 0.225 e. The van der Waals surface area contributed by atoms with Crippen LogP contribution in [0.4, 0.5) is 5.95 Å². The van der Waals surface area contributed by atoms with E-state index in [1.54, 1.807) is 12.4 Å². The number of rotatable bonds is 3. The van der Waals surface area contributed by atoms with Crippen LogP contribution in [0.15, 0.2) is 18.5 Å². The molecule has 1 aromatic heterocycles. The van der Waals surface area contributed by atoms with Crippen LogP contribution in [-0.4, -0.2) is 71.5 Å². The van der Waals surface area contributed by atoms with Crippen molar-refractivity contribution in [3.8, 4) is 11.8 Å². The summed E-state index contributed by atoms with van der Waals surface area (Å²) < 4.78 is 0. The molecule has 2 saturated heterocycles. The maximum Gasteiger partial charge on any atom is 0.225 e. The number of nitrogens with zero attached hydrogens (tertiary/aromatic N) is 5. The van der Waals surface area contributed by atoms with Crippen LogP contribution in [-0.2, 0) is 4.79 Å². The zero-order valence-corrected chi connectivity index (χ0v) is 14.2. The third-order valence-corrected chi connectivity index (χ3v) is 4.58. The van der Waals surface area contributed by atoms with Gasteiger partial charge >= 0.3 is 0 Å². The van der Waals surface area contributed by atoms with Crippen LogP contribution in [0.1, 0.15) is 25.7 Å². The van der Waals surface area contributed by atoms with E-state index in [2.05, 4.69) is 31.6 Å². The highest BCUT2D eigenvalue weighted by molar-refractivity contribution is 5.76. The van der Waals surface area contributed by atoms with Crippen LogP contribution in [0.5, 0.6) is 0 Å². The number of amides is 1. The topological polar surface area (TPSA) is 52.6 Å². The second-order valence-electron chi connectivity index (χ2n) is 6.29. The largest absolute Gasteiger partial charge is 0.338 e. The molecule has 2 fully saturated rings. The van der Waals surface area contributed by atoms with Gasteiger partial charge in [-0.25, -0.2) is 9.97 Å². The van der Waals surface area contributed by atoms with Crippen molar-refractivity contribution in [3.05, 3.63) is 18.5 Å². The van der Waals surface area contributed by atoms with Gasteiger partial charge in [-0.05, 0) is 18.9 Å². The second-order valence-corrected chi connectivity index (χ2v) is 6.29. The van der Waals surface area contributed by atoms with Crippen LogP contribution < -0.4 is 4.90 Å². The molecule has 1 aromatic rings. The van der Waals surface area contributed by atoms with Crippen molar-refractivity contribution in [1.29, 1.82) is 0 Å². The molecular weight excluding hydrogens is 302 g/mol. The van der Waals surface area contributed by atoms with Gasteiger partial charge in [-0.1, -0.05) is 18.3 Å². The summed E-state index contributed by atoms with van der Waals surface area (Å²) in [6.45, 7) is 6.00. The Bertz CT molecular complexity index is 586. The lowest BCUT2D eigenvalue weighted by Gasteiger charge is -2.33. The molecule has 128 valence electrons. The molecular formula is C18H25N5O. The first-order chi connectivity index (χ1) is 11.8. The minimum Gasteiger partial charge on any atom is -0.338 e. The zero-order valence-electron chi connectivity index (χ0n) is 14.2. The highest BCUT2D eigenvalue weighted by Crippen LogP contribution is 2.11. The van der Waals surface area contributed by atoms with Crippen molar-refractivity contribution in [2.45, 2.75) is 25.7 Å². The summed E-state index contributed by atoms with van der Waals surface area (Å²) in [6, 6.07) is 1.84. The molecule has 24 heavy (non-hydrogen) atoms. The predicted octanol–water partition coefficient (Wildman–Crippen LogP) is 1.00. The van der Waals surface area contributed by atoms with Crippen molar-refractivity contribution < 1.29 is 4.79 Å². The Morgan fingerprint density at radius 1 is 0.917 bits per heavy atom. The highest BCUT2D eigenvalue weighted by Gasteiger charge is 2.18. The average molecular weight is 327 g/mol. The highest BCUT2D eigenvalue weighted by atomic mass is 16.2. The molecule has 0 aromatic carbocycles. The summed E-state index contributed by atoms with van der Waals surface area (Å²) in [7, 11) is 0. The molecule has 0 unspecified atom stereocenters. The molecule has 0 spiro atoms. The van der Waals surface area contributed by atoms with Gasteiger partial charge in [-0.2, -0.15) is 0 Å². The van der Waals surface area contributed by atoms with Crippen LogP contribution in [0.2, 0.25) is 0 Å². The fourth-order valence-corrected chi connectivity index (χ4v) is 3.09. The lowest BCUT2D eigenvalue weighted by Crippen LogP contribution is -2.47. The Morgan fingerprint density at radius 2 is 1.67 bits per heavy atom. The van der Waals surface area contributed by atoms with Crippen LogP contribution >= 0.6 is 0 Å². The van der Waals surface area contributed by atoms with Crippen molar-refractivity contribution in [3.63, 3.8) is 0 Å². The molecule has 2 aliphatic rings. The molecule has 2 aliphatic heterocycles. The lowest BCUT2D eigenvalue weighted by molar-refractivity contribution is -0.130. The number of anilines is 1. The van der Waals surface area contributed by atoms with Gasteiger partial charge in [0, 0.05) is 51.5 Å². The first-order valence-electron chi connectivity index (χ1n) is 8.81. The number of hydrogen-bond acceptors (Lipinski definition) is 5. The second kappa shape index (κ2) is 8.65. The van der Waals surface area contributed by atoms with Gasteiger partial charge in [0.1, 0.15) is 0 Å². The maximum absolute atomic E-state index is 11.9. The van der Waals surface area contributed by atoms with Crippen molar-refractivity contribution in [1.82, 2.24) is 19.8 Å². The van der Waals surface area contributed by atoms with E-state index < -0.39 is 0 Å². The zero-order chi connectivity index (χ0) is 16.6. The summed E-state index contributed by atoms with van der Waals surface area (Å²) in [6.07, 6.45) is 7.54. The summed E-state index contributed by atoms with van der Waals surface area (Å²) >= 11 is 0.